The molecular weight excluding hydrogens is 380 g/mol. The summed E-state index contributed by atoms with van der Waals surface area (Å²) in [7, 11) is 3.44. The Morgan fingerprint density at radius 1 is 1.36 bits per heavy atom. The van der Waals surface area contributed by atoms with Crippen LogP contribution in [-0.2, 0) is 18.3 Å². The molecule has 0 aliphatic carbocycles. The smallest absolute Gasteiger partial charge is 0.231 e. The highest BCUT2D eigenvalue weighted by atomic mass is 35.5. The summed E-state index contributed by atoms with van der Waals surface area (Å²) >= 11 is 0. The fourth-order valence-electron chi connectivity index (χ4n) is 3.64. The molecule has 28 heavy (non-hydrogen) atoms. The number of methoxy groups -OCH3 is 1. The zero-order valence-electron chi connectivity index (χ0n) is 16.0. The van der Waals surface area contributed by atoms with Gasteiger partial charge in [-0.15, -0.1) is 12.4 Å². The Hall–Kier alpha value is -2.58. The largest absolute Gasteiger partial charge is 0.496 e. The second-order valence-corrected chi connectivity index (χ2v) is 6.86. The van der Waals surface area contributed by atoms with Crippen LogP contribution in [0.1, 0.15) is 30.1 Å². The fraction of sp³-hybridized carbons (Fsp3) is 0.421. The van der Waals surface area contributed by atoms with Crippen molar-refractivity contribution in [1.29, 1.82) is 0 Å². The average Bonchev–Trinajstić information content (AvgIpc) is 3.26. The van der Waals surface area contributed by atoms with E-state index >= 15 is 0 Å². The van der Waals surface area contributed by atoms with Gasteiger partial charge in [0.05, 0.1) is 13.5 Å². The number of piperidine rings is 1. The van der Waals surface area contributed by atoms with Crippen molar-refractivity contribution in [3.63, 3.8) is 0 Å². The number of aromatic nitrogens is 4. The molecule has 4 rings (SSSR count). The summed E-state index contributed by atoms with van der Waals surface area (Å²) in [4.78, 5) is 20.4. The Bertz CT molecular complexity index is 961. The van der Waals surface area contributed by atoms with Crippen molar-refractivity contribution in [2.75, 3.05) is 25.5 Å². The van der Waals surface area contributed by atoms with Gasteiger partial charge in [-0.2, -0.15) is 10.1 Å². The number of carbonyl (C=O) groups is 1. The molecule has 2 aromatic heterocycles. The maximum Gasteiger partial charge on any atom is 0.231 e. The zero-order chi connectivity index (χ0) is 18.8. The molecule has 0 unspecified atom stereocenters. The monoisotopic (exact) mass is 404 g/mol. The topological polar surface area (TPSA) is 96.9 Å². The van der Waals surface area contributed by atoms with Gasteiger partial charge < -0.3 is 15.0 Å². The van der Waals surface area contributed by atoms with Gasteiger partial charge >= 0.3 is 0 Å². The lowest BCUT2D eigenvalue weighted by molar-refractivity contribution is -0.115. The highest BCUT2D eigenvalue weighted by molar-refractivity contribution is 5.96. The number of anilines is 1. The normalized spacial score (nSPS) is 14.6. The Balaban J connectivity index is 0.00000225. The number of nitrogens with one attached hydrogen (secondary N) is 3. The van der Waals surface area contributed by atoms with E-state index in [1.807, 2.05) is 31.4 Å². The van der Waals surface area contributed by atoms with Crippen LogP contribution in [0.25, 0.3) is 10.9 Å². The van der Waals surface area contributed by atoms with E-state index in [4.69, 9.17) is 4.74 Å². The van der Waals surface area contributed by atoms with Gasteiger partial charge in [0.1, 0.15) is 5.75 Å². The molecule has 9 heteroatoms. The molecule has 8 nitrogen and oxygen atoms in total. The molecule has 1 aliphatic heterocycles. The number of rotatable bonds is 5. The Morgan fingerprint density at radius 3 is 2.89 bits per heavy atom. The quantitative estimate of drug-likeness (QED) is 0.606. The molecular formula is C19H25ClN6O2. The van der Waals surface area contributed by atoms with Crippen molar-refractivity contribution in [2.24, 2.45) is 7.05 Å². The lowest BCUT2D eigenvalue weighted by Gasteiger charge is -2.19. The summed E-state index contributed by atoms with van der Waals surface area (Å²) in [6.45, 7) is 1.96. The minimum atomic E-state index is -0.130. The lowest BCUT2D eigenvalue weighted by atomic mass is 9.98. The third-order valence-electron chi connectivity index (χ3n) is 5.06. The molecule has 1 fully saturated rings. The molecule has 0 saturated carbocycles. The van der Waals surface area contributed by atoms with Gasteiger partial charge in [-0.3, -0.25) is 10.1 Å². The predicted octanol–water partition coefficient (Wildman–Crippen LogP) is 2.38. The van der Waals surface area contributed by atoms with Gasteiger partial charge in [0.25, 0.3) is 0 Å². The SMILES string of the molecule is COc1cccc2[nH]cc(CC(=O)Nc3nc(C4CCNCC4)nn3C)c12.Cl. The van der Waals surface area contributed by atoms with Crippen LogP contribution < -0.4 is 15.4 Å². The number of hydrogen-bond acceptors (Lipinski definition) is 5. The lowest BCUT2D eigenvalue weighted by Crippen LogP contribution is -2.27. The minimum Gasteiger partial charge on any atom is -0.496 e. The number of ether oxygens (including phenoxy) is 1. The van der Waals surface area contributed by atoms with Crippen molar-refractivity contribution in [2.45, 2.75) is 25.2 Å². The third-order valence-corrected chi connectivity index (χ3v) is 5.06. The van der Waals surface area contributed by atoms with Gasteiger partial charge in [0.15, 0.2) is 5.82 Å². The second kappa shape index (κ2) is 8.62. The van der Waals surface area contributed by atoms with E-state index < -0.39 is 0 Å². The number of nitrogens with zero attached hydrogens (tertiary/aromatic N) is 3. The number of halogens is 1. The van der Waals surface area contributed by atoms with Gasteiger partial charge in [0, 0.05) is 30.1 Å². The number of H-pyrrole nitrogens is 1. The van der Waals surface area contributed by atoms with Crippen LogP contribution in [0.15, 0.2) is 24.4 Å². The highest BCUT2D eigenvalue weighted by Gasteiger charge is 2.21. The summed E-state index contributed by atoms with van der Waals surface area (Å²) in [5.41, 5.74) is 1.84. The van der Waals surface area contributed by atoms with Crippen molar-refractivity contribution in [3.8, 4) is 5.75 Å². The molecule has 150 valence electrons. The van der Waals surface area contributed by atoms with Crippen LogP contribution in [0.4, 0.5) is 5.95 Å². The fourth-order valence-corrected chi connectivity index (χ4v) is 3.64. The van der Waals surface area contributed by atoms with Crippen LogP contribution in [0.5, 0.6) is 5.75 Å². The Kier molecular flexibility index (Phi) is 6.21. The van der Waals surface area contributed by atoms with Crippen LogP contribution in [0.2, 0.25) is 0 Å². The van der Waals surface area contributed by atoms with Crippen molar-refractivity contribution in [1.82, 2.24) is 25.1 Å². The second-order valence-electron chi connectivity index (χ2n) is 6.86. The molecule has 1 saturated heterocycles. The number of aryl methyl sites for hydroxylation is 1. The summed E-state index contributed by atoms with van der Waals surface area (Å²) in [5, 5.41) is 11.7. The molecule has 3 heterocycles. The molecule has 3 N–H and O–H groups in total. The van der Waals surface area contributed by atoms with Crippen LogP contribution in [-0.4, -0.2) is 45.9 Å². The maximum absolute atomic E-state index is 12.6. The molecule has 1 aromatic carbocycles. The van der Waals surface area contributed by atoms with E-state index in [-0.39, 0.29) is 24.7 Å². The first-order valence-electron chi connectivity index (χ1n) is 9.20. The Morgan fingerprint density at radius 2 is 2.14 bits per heavy atom. The van der Waals surface area contributed by atoms with E-state index in [0.717, 1.165) is 54.0 Å². The number of hydrogen-bond donors (Lipinski definition) is 3. The summed E-state index contributed by atoms with van der Waals surface area (Å²) in [6.07, 6.45) is 4.12. The van der Waals surface area contributed by atoms with Gasteiger partial charge in [-0.25, -0.2) is 4.68 Å². The highest BCUT2D eigenvalue weighted by Crippen LogP contribution is 2.29. The van der Waals surface area contributed by atoms with Gasteiger partial charge in [-0.05, 0) is 43.6 Å². The van der Waals surface area contributed by atoms with Crippen molar-refractivity contribution < 1.29 is 9.53 Å². The first-order valence-corrected chi connectivity index (χ1v) is 9.20. The van der Waals surface area contributed by atoms with Gasteiger partial charge in [0.2, 0.25) is 11.9 Å². The van der Waals surface area contributed by atoms with Crippen molar-refractivity contribution >= 4 is 35.2 Å². The van der Waals surface area contributed by atoms with E-state index in [1.165, 1.54) is 0 Å². The average molecular weight is 405 g/mol. The maximum atomic E-state index is 12.6. The number of fused-ring (bicyclic) bond motifs is 1. The van der Waals surface area contributed by atoms with E-state index in [9.17, 15) is 4.79 Å². The number of aromatic amines is 1. The molecule has 1 amide bonds. The van der Waals surface area contributed by atoms with E-state index in [0.29, 0.717) is 11.9 Å². The molecule has 0 spiro atoms. The summed E-state index contributed by atoms with van der Waals surface area (Å²) in [6, 6.07) is 5.78. The van der Waals surface area contributed by atoms with Crippen LogP contribution >= 0.6 is 12.4 Å². The van der Waals surface area contributed by atoms with Gasteiger partial charge in [-0.1, -0.05) is 6.07 Å². The molecule has 0 radical (unpaired) electrons. The first-order chi connectivity index (χ1) is 13.2. The molecule has 0 bridgehead atoms. The number of benzene rings is 1. The Labute approximate surface area is 169 Å². The number of carbonyl (C=O) groups excluding carboxylic acids is 1. The molecule has 0 atom stereocenters. The van der Waals surface area contributed by atoms with Crippen molar-refractivity contribution in [3.05, 3.63) is 35.8 Å². The minimum absolute atomic E-state index is 0. The van der Waals surface area contributed by atoms with Crippen LogP contribution in [0, 0.1) is 0 Å². The molecule has 3 aromatic rings. The standard InChI is InChI=1S/C19H24N6O2.ClH/c1-25-19(23-18(24-25)12-6-8-20-9-7-12)22-16(26)10-13-11-21-14-4-3-5-15(27-2)17(13)14;/h3-5,11-12,20-21H,6-10H2,1-2H3,(H,22,23,24,26);1H. The number of amides is 1. The molecule has 1 aliphatic rings. The van der Waals surface area contributed by atoms with Crippen LogP contribution in [0.3, 0.4) is 0 Å². The van der Waals surface area contributed by atoms with E-state index in [2.05, 4.69) is 25.7 Å². The first kappa shape index (κ1) is 20.2. The summed E-state index contributed by atoms with van der Waals surface area (Å²) in [5.74, 6) is 2.27. The summed E-state index contributed by atoms with van der Waals surface area (Å²) < 4.78 is 7.08. The predicted molar refractivity (Wildman–Crippen MR) is 110 cm³/mol. The zero-order valence-corrected chi connectivity index (χ0v) is 16.8. The third kappa shape index (κ3) is 3.98. The van der Waals surface area contributed by atoms with E-state index in [1.54, 1.807) is 11.8 Å².